The van der Waals surface area contributed by atoms with E-state index in [0.717, 1.165) is 18.6 Å². The minimum atomic E-state index is 0.533. The number of rotatable bonds is 2. The summed E-state index contributed by atoms with van der Waals surface area (Å²) in [7, 11) is 0. The van der Waals surface area contributed by atoms with Crippen LogP contribution in [0.3, 0.4) is 0 Å². The first-order valence-corrected chi connectivity index (χ1v) is 4.53. The Morgan fingerprint density at radius 3 is 2.64 bits per heavy atom. The Hall–Kier alpha value is -0.120. The largest absolute Gasteiger partial charge is 0.296 e. The summed E-state index contributed by atoms with van der Waals surface area (Å²) in [6, 6.07) is 2.16. The maximum atomic E-state index is 5.40. The van der Waals surface area contributed by atoms with Crippen molar-refractivity contribution in [1.29, 1.82) is 0 Å². The summed E-state index contributed by atoms with van der Waals surface area (Å²) in [6.07, 6.45) is 4.02. The Balaban J connectivity index is 1.90. The van der Waals surface area contributed by atoms with Gasteiger partial charge < -0.3 is 0 Å². The van der Waals surface area contributed by atoms with Gasteiger partial charge in [-0.25, -0.2) is 0 Å². The molecule has 0 bridgehead atoms. The zero-order valence-electron chi connectivity index (χ0n) is 7.09. The smallest absolute Gasteiger partial charge is 0.0352 e. The lowest BCUT2D eigenvalue weighted by Gasteiger charge is -2.19. The van der Waals surface area contributed by atoms with Crippen molar-refractivity contribution in [2.75, 3.05) is 6.54 Å². The molecule has 1 heterocycles. The summed E-state index contributed by atoms with van der Waals surface area (Å²) in [6.45, 7) is 3.46. The van der Waals surface area contributed by atoms with E-state index in [1.807, 2.05) is 0 Å². The fourth-order valence-electron chi connectivity index (χ4n) is 2.09. The Morgan fingerprint density at radius 2 is 2.18 bits per heavy atom. The van der Waals surface area contributed by atoms with Crippen molar-refractivity contribution < 1.29 is 0 Å². The van der Waals surface area contributed by atoms with E-state index in [1.165, 1.54) is 19.3 Å². The summed E-state index contributed by atoms with van der Waals surface area (Å²) >= 11 is 0. The second-order valence-corrected chi connectivity index (χ2v) is 3.88. The van der Waals surface area contributed by atoms with Crippen molar-refractivity contribution in [2.45, 2.75) is 44.3 Å². The van der Waals surface area contributed by atoms with Crippen molar-refractivity contribution >= 4 is 0 Å². The number of nitrogens with one attached hydrogen (secondary N) is 1. The normalized spacial score (nSPS) is 39.8. The molecule has 3 N–H and O–H groups in total. The molecule has 2 rings (SSSR count). The molecule has 0 spiro atoms. The van der Waals surface area contributed by atoms with E-state index in [2.05, 4.69) is 17.2 Å². The van der Waals surface area contributed by atoms with Gasteiger partial charge in [0.05, 0.1) is 0 Å². The van der Waals surface area contributed by atoms with E-state index in [1.54, 1.807) is 0 Å². The quantitative estimate of drug-likeness (QED) is 0.438. The monoisotopic (exact) mass is 155 g/mol. The molecule has 2 aliphatic rings. The first kappa shape index (κ1) is 7.53. The van der Waals surface area contributed by atoms with E-state index in [4.69, 9.17) is 5.84 Å². The number of nitrogens with zero attached hydrogens (tertiary/aromatic N) is 1. The topological polar surface area (TPSA) is 41.3 Å². The van der Waals surface area contributed by atoms with Crippen LogP contribution >= 0.6 is 0 Å². The van der Waals surface area contributed by atoms with Gasteiger partial charge in [-0.05, 0) is 26.2 Å². The van der Waals surface area contributed by atoms with Crippen LogP contribution in [0.25, 0.3) is 0 Å². The first-order chi connectivity index (χ1) is 5.31. The summed E-state index contributed by atoms with van der Waals surface area (Å²) in [5, 5.41) is 0. The summed E-state index contributed by atoms with van der Waals surface area (Å²) in [4.78, 5) is 2.59. The second kappa shape index (κ2) is 2.73. The lowest BCUT2D eigenvalue weighted by atomic mass is 10.2. The molecule has 0 aromatic carbocycles. The van der Waals surface area contributed by atoms with E-state index >= 15 is 0 Å². The predicted molar refractivity (Wildman–Crippen MR) is 44.9 cm³/mol. The van der Waals surface area contributed by atoms with Gasteiger partial charge in [-0.2, -0.15) is 0 Å². The third kappa shape index (κ3) is 1.41. The first-order valence-electron chi connectivity index (χ1n) is 4.53. The molecular weight excluding hydrogens is 138 g/mol. The van der Waals surface area contributed by atoms with E-state index in [-0.39, 0.29) is 0 Å². The average Bonchev–Trinajstić information content (AvgIpc) is 2.76. The molecule has 2 atom stereocenters. The van der Waals surface area contributed by atoms with Crippen LogP contribution in [0.2, 0.25) is 0 Å². The summed E-state index contributed by atoms with van der Waals surface area (Å²) in [5.41, 5.74) is 2.87. The highest BCUT2D eigenvalue weighted by Crippen LogP contribution is 2.32. The highest BCUT2D eigenvalue weighted by molar-refractivity contribution is 4.95. The van der Waals surface area contributed by atoms with E-state index in [0.29, 0.717) is 6.04 Å². The van der Waals surface area contributed by atoms with Gasteiger partial charge >= 0.3 is 0 Å². The number of likely N-dealkylation sites (tertiary alicyclic amines) is 1. The zero-order valence-corrected chi connectivity index (χ0v) is 7.09. The second-order valence-electron chi connectivity index (χ2n) is 3.88. The van der Waals surface area contributed by atoms with Crippen LogP contribution < -0.4 is 11.3 Å². The van der Waals surface area contributed by atoms with Crippen LogP contribution in [0.4, 0.5) is 0 Å². The number of hydrogen-bond donors (Lipinski definition) is 2. The Morgan fingerprint density at radius 1 is 1.45 bits per heavy atom. The SMILES string of the molecule is CC1CC(NN)CN1C1CC1. The maximum Gasteiger partial charge on any atom is 0.0352 e. The number of hydrogen-bond acceptors (Lipinski definition) is 3. The van der Waals surface area contributed by atoms with Gasteiger partial charge in [0.15, 0.2) is 0 Å². The van der Waals surface area contributed by atoms with Crippen molar-refractivity contribution in [3.63, 3.8) is 0 Å². The van der Waals surface area contributed by atoms with Crippen LogP contribution in [-0.4, -0.2) is 29.6 Å². The van der Waals surface area contributed by atoms with Crippen LogP contribution in [0.5, 0.6) is 0 Å². The van der Waals surface area contributed by atoms with Crippen LogP contribution in [0.15, 0.2) is 0 Å². The Labute approximate surface area is 67.9 Å². The zero-order chi connectivity index (χ0) is 7.84. The summed E-state index contributed by atoms with van der Waals surface area (Å²) in [5.74, 6) is 5.40. The fourth-order valence-corrected chi connectivity index (χ4v) is 2.09. The molecule has 1 saturated carbocycles. The third-order valence-corrected chi connectivity index (χ3v) is 2.87. The van der Waals surface area contributed by atoms with Crippen LogP contribution in [-0.2, 0) is 0 Å². The van der Waals surface area contributed by atoms with Gasteiger partial charge in [-0.1, -0.05) is 0 Å². The van der Waals surface area contributed by atoms with Gasteiger partial charge in [0.1, 0.15) is 0 Å². The van der Waals surface area contributed by atoms with Crippen LogP contribution in [0, 0.1) is 0 Å². The minimum absolute atomic E-state index is 0.533. The van der Waals surface area contributed by atoms with Crippen molar-refractivity contribution in [3.8, 4) is 0 Å². The summed E-state index contributed by atoms with van der Waals surface area (Å²) < 4.78 is 0. The number of nitrogens with two attached hydrogens (primary N) is 1. The Bertz CT molecular complexity index is 144. The molecule has 0 amide bonds. The molecule has 3 heteroatoms. The van der Waals surface area contributed by atoms with Crippen molar-refractivity contribution in [3.05, 3.63) is 0 Å². The Kier molecular flexibility index (Phi) is 1.87. The van der Waals surface area contributed by atoms with Gasteiger partial charge in [0.25, 0.3) is 0 Å². The van der Waals surface area contributed by atoms with Gasteiger partial charge in [0.2, 0.25) is 0 Å². The lowest BCUT2D eigenvalue weighted by molar-refractivity contribution is 0.255. The molecule has 3 nitrogen and oxygen atoms in total. The molecule has 0 radical (unpaired) electrons. The van der Waals surface area contributed by atoms with Gasteiger partial charge in [-0.15, -0.1) is 0 Å². The molecule has 0 aromatic heterocycles. The van der Waals surface area contributed by atoms with Crippen LogP contribution in [0.1, 0.15) is 26.2 Å². The molecule has 0 aromatic rings. The fraction of sp³-hybridized carbons (Fsp3) is 1.00. The highest BCUT2D eigenvalue weighted by Gasteiger charge is 2.38. The van der Waals surface area contributed by atoms with Crippen molar-refractivity contribution in [1.82, 2.24) is 10.3 Å². The third-order valence-electron chi connectivity index (χ3n) is 2.87. The molecule has 64 valence electrons. The molecular formula is C8H17N3. The molecule has 1 saturated heterocycles. The minimum Gasteiger partial charge on any atom is -0.296 e. The molecule has 2 unspecified atom stereocenters. The lowest BCUT2D eigenvalue weighted by Crippen LogP contribution is -2.37. The maximum absolute atomic E-state index is 5.40. The van der Waals surface area contributed by atoms with Crippen molar-refractivity contribution in [2.24, 2.45) is 5.84 Å². The molecule has 2 fully saturated rings. The highest BCUT2D eigenvalue weighted by atomic mass is 15.3. The number of hydrazine groups is 1. The van der Waals surface area contributed by atoms with Gasteiger partial charge in [-0.3, -0.25) is 16.2 Å². The molecule has 11 heavy (non-hydrogen) atoms. The molecule has 1 aliphatic carbocycles. The standard InChI is InChI=1S/C8H17N3/c1-6-4-7(10-9)5-11(6)8-2-3-8/h6-8,10H,2-5,9H2,1H3. The average molecular weight is 155 g/mol. The predicted octanol–water partition coefficient (Wildman–Crippen LogP) is 0.0749. The van der Waals surface area contributed by atoms with E-state index in [9.17, 15) is 0 Å². The van der Waals surface area contributed by atoms with Gasteiger partial charge in [0, 0.05) is 24.7 Å². The van der Waals surface area contributed by atoms with E-state index < -0.39 is 0 Å². The molecule has 1 aliphatic heterocycles.